The maximum atomic E-state index is 6.12. The third-order valence-electron chi connectivity index (χ3n) is 6.40. The number of aromatic nitrogens is 5. The number of aryl methyl sites for hydroxylation is 1. The Balaban J connectivity index is 1.38. The van der Waals surface area contributed by atoms with Gasteiger partial charge in [-0.15, -0.1) is 5.10 Å². The number of morpholine rings is 2. The molecule has 2 aliphatic rings. The van der Waals surface area contributed by atoms with Crippen molar-refractivity contribution in [1.29, 1.82) is 0 Å². The number of ether oxygens (including phenoxy) is 1. The number of anilines is 2. The van der Waals surface area contributed by atoms with E-state index in [9.17, 15) is 0 Å². The van der Waals surface area contributed by atoms with Crippen LogP contribution in [-0.4, -0.2) is 74.9 Å². The predicted octanol–water partition coefficient (Wildman–Crippen LogP) is 2.00. The van der Waals surface area contributed by atoms with E-state index < -0.39 is 0 Å². The summed E-state index contributed by atoms with van der Waals surface area (Å²) in [6.45, 7) is 5.78. The van der Waals surface area contributed by atoms with Crippen LogP contribution in [0.25, 0.3) is 27.8 Å². The topological polar surface area (TPSA) is 97.7 Å². The number of rotatable bonds is 3. The average Bonchev–Trinajstić information content (AvgIpc) is 3.20. The maximum absolute atomic E-state index is 6.12. The van der Waals surface area contributed by atoms with Gasteiger partial charge < -0.3 is 20.3 Å². The number of pyridine rings is 3. The number of fused-ring (bicyclic) bond motifs is 4. The normalized spacial score (nSPS) is 21.5. The SMILES string of the molecule is CCc1ncc(-c2nc3ccc(N4CC5CN(C)CC(C4)O5)cn3n2)c2cc(N)ncc12. The van der Waals surface area contributed by atoms with Gasteiger partial charge in [0.15, 0.2) is 11.5 Å². The highest BCUT2D eigenvalue weighted by molar-refractivity contribution is 5.96. The first-order chi connectivity index (χ1) is 15.6. The van der Waals surface area contributed by atoms with E-state index in [1.807, 2.05) is 22.8 Å². The molecule has 2 bridgehead atoms. The van der Waals surface area contributed by atoms with Gasteiger partial charge in [-0.1, -0.05) is 6.92 Å². The highest BCUT2D eigenvalue weighted by atomic mass is 16.5. The lowest BCUT2D eigenvalue weighted by Crippen LogP contribution is -2.58. The van der Waals surface area contributed by atoms with Gasteiger partial charge in [0.25, 0.3) is 0 Å². The van der Waals surface area contributed by atoms with Crippen molar-refractivity contribution in [3.8, 4) is 11.4 Å². The molecule has 0 saturated carbocycles. The van der Waals surface area contributed by atoms with E-state index in [2.05, 4.69) is 46.0 Å². The number of nitrogens with zero attached hydrogens (tertiary/aromatic N) is 7. The monoisotopic (exact) mass is 430 g/mol. The number of nitrogen functional groups attached to an aromatic ring is 1. The summed E-state index contributed by atoms with van der Waals surface area (Å²) >= 11 is 0. The Morgan fingerprint density at radius 2 is 1.88 bits per heavy atom. The lowest BCUT2D eigenvalue weighted by molar-refractivity contribution is -0.0875. The fraction of sp³-hybridized carbons (Fsp3) is 0.391. The van der Waals surface area contributed by atoms with Crippen LogP contribution in [0.1, 0.15) is 12.6 Å². The fourth-order valence-electron chi connectivity index (χ4n) is 4.95. The van der Waals surface area contributed by atoms with Gasteiger partial charge in [-0.3, -0.25) is 4.98 Å². The summed E-state index contributed by atoms with van der Waals surface area (Å²) in [6, 6.07) is 6.03. The summed E-state index contributed by atoms with van der Waals surface area (Å²) in [5, 5.41) is 6.76. The molecule has 164 valence electrons. The minimum absolute atomic E-state index is 0.239. The molecule has 0 aromatic carbocycles. The Hall–Kier alpha value is -3.30. The first kappa shape index (κ1) is 19.4. The molecule has 2 saturated heterocycles. The smallest absolute Gasteiger partial charge is 0.184 e. The van der Waals surface area contributed by atoms with E-state index in [1.54, 1.807) is 6.20 Å². The molecule has 0 radical (unpaired) electrons. The fourth-order valence-corrected chi connectivity index (χ4v) is 4.95. The van der Waals surface area contributed by atoms with E-state index in [0.29, 0.717) is 11.6 Å². The highest BCUT2D eigenvalue weighted by Gasteiger charge is 2.33. The van der Waals surface area contributed by atoms with Crippen LogP contribution in [0.5, 0.6) is 0 Å². The van der Waals surface area contributed by atoms with Gasteiger partial charge in [-0.05, 0) is 31.7 Å². The third kappa shape index (κ3) is 3.25. The predicted molar refractivity (Wildman–Crippen MR) is 124 cm³/mol. The Kier molecular flexibility index (Phi) is 4.48. The van der Waals surface area contributed by atoms with Gasteiger partial charge in [0, 0.05) is 60.6 Å². The van der Waals surface area contributed by atoms with E-state index in [4.69, 9.17) is 20.6 Å². The molecule has 4 aromatic heterocycles. The van der Waals surface area contributed by atoms with Crippen LogP contribution in [0.4, 0.5) is 11.5 Å². The van der Waals surface area contributed by atoms with Crippen molar-refractivity contribution in [1.82, 2.24) is 29.5 Å². The molecular weight excluding hydrogens is 404 g/mol. The molecule has 9 nitrogen and oxygen atoms in total. The lowest BCUT2D eigenvalue weighted by atomic mass is 10.1. The van der Waals surface area contributed by atoms with E-state index in [-0.39, 0.29) is 12.2 Å². The second-order valence-electron chi connectivity index (χ2n) is 8.76. The van der Waals surface area contributed by atoms with Crippen molar-refractivity contribution in [3.05, 3.63) is 42.5 Å². The average molecular weight is 431 g/mol. The second kappa shape index (κ2) is 7.39. The summed E-state index contributed by atoms with van der Waals surface area (Å²) in [4.78, 5) is 18.4. The van der Waals surface area contributed by atoms with Gasteiger partial charge in [0.05, 0.1) is 24.1 Å². The molecule has 32 heavy (non-hydrogen) atoms. The molecule has 2 atom stereocenters. The van der Waals surface area contributed by atoms with Crippen molar-refractivity contribution >= 4 is 27.9 Å². The molecule has 6 rings (SSSR count). The van der Waals surface area contributed by atoms with Gasteiger partial charge in [-0.2, -0.15) is 0 Å². The van der Waals surface area contributed by atoms with E-state index in [1.165, 1.54) is 0 Å². The van der Waals surface area contributed by atoms with Crippen LogP contribution in [0.3, 0.4) is 0 Å². The molecule has 2 fully saturated rings. The van der Waals surface area contributed by atoms with Crippen LogP contribution < -0.4 is 10.6 Å². The Bertz CT molecular complexity index is 1300. The van der Waals surface area contributed by atoms with Gasteiger partial charge in [0.2, 0.25) is 0 Å². The van der Waals surface area contributed by atoms with Gasteiger partial charge >= 0.3 is 0 Å². The summed E-state index contributed by atoms with van der Waals surface area (Å²) < 4.78 is 7.98. The molecule has 0 aliphatic carbocycles. The summed E-state index contributed by atoms with van der Waals surface area (Å²) in [6.07, 6.45) is 6.99. The van der Waals surface area contributed by atoms with Crippen LogP contribution in [-0.2, 0) is 11.2 Å². The molecule has 2 N–H and O–H groups in total. The van der Waals surface area contributed by atoms with Crippen LogP contribution in [0, 0.1) is 0 Å². The highest BCUT2D eigenvalue weighted by Crippen LogP contribution is 2.30. The van der Waals surface area contributed by atoms with E-state index >= 15 is 0 Å². The molecule has 0 amide bonds. The largest absolute Gasteiger partial charge is 0.384 e. The molecule has 9 heteroatoms. The van der Waals surface area contributed by atoms with E-state index in [0.717, 1.165) is 66.0 Å². The zero-order valence-corrected chi connectivity index (χ0v) is 18.3. The second-order valence-corrected chi connectivity index (χ2v) is 8.76. The van der Waals surface area contributed by atoms with Crippen molar-refractivity contribution in [3.63, 3.8) is 0 Å². The van der Waals surface area contributed by atoms with Gasteiger partial charge in [0.1, 0.15) is 5.82 Å². The number of hydrogen-bond donors (Lipinski definition) is 1. The molecular formula is C23H26N8O. The number of hydrogen-bond acceptors (Lipinski definition) is 8. The zero-order chi connectivity index (χ0) is 21.8. The van der Waals surface area contributed by atoms with Crippen LogP contribution in [0.2, 0.25) is 0 Å². The van der Waals surface area contributed by atoms with Crippen molar-refractivity contribution in [2.45, 2.75) is 25.6 Å². The summed E-state index contributed by atoms with van der Waals surface area (Å²) in [7, 11) is 2.16. The van der Waals surface area contributed by atoms with Crippen molar-refractivity contribution in [2.75, 3.05) is 43.9 Å². The standard InChI is InChI=1S/C23H26N8O/c1-3-20-18-7-26-21(24)6-17(18)19(8-25-20)23-27-22-5-4-14(9-31(22)28-23)30-12-15-10-29(2)11-16(13-30)32-15/h4-9,15-16H,3,10-13H2,1-2H3,(H2,24,26). The van der Waals surface area contributed by atoms with Crippen molar-refractivity contribution in [2.24, 2.45) is 0 Å². The first-order valence-electron chi connectivity index (χ1n) is 11.1. The van der Waals surface area contributed by atoms with Crippen LogP contribution >= 0.6 is 0 Å². The third-order valence-corrected chi connectivity index (χ3v) is 6.40. The molecule has 2 unspecified atom stereocenters. The molecule has 0 spiro atoms. The minimum Gasteiger partial charge on any atom is -0.384 e. The number of likely N-dealkylation sites (N-methyl/N-ethyl adjacent to an activating group) is 1. The number of nitrogens with two attached hydrogens (primary N) is 1. The molecule has 2 aliphatic heterocycles. The minimum atomic E-state index is 0.239. The maximum Gasteiger partial charge on any atom is 0.184 e. The zero-order valence-electron chi connectivity index (χ0n) is 18.3. The Labute approximate surface area is 185 Å². The first-order valence-corrected chi connectivity index (χ1v) is 11.1. The Morgan fingerprint density at radius 3 is 2.66 bits per heavy atom. The quantitative estimate of drug-likeness (QED) is 0.527. The van der Waals surface area contributed by atoms with Crippen LogP contribution in [0.15, 0.2) is 36.8 Å². The molecule has 6 heterocycles. The van der Waals surface area contributed by atoms with Gasteiger partial charge in [-0.25, -0.2) is 14.5 Å². The lowest BCUT2D eigenvalue weighted by Gasteiger charge is -2.45. The Morgan fingerprint density at radius 1 is 1.06 bits per heavy atom. The van der Waals surface area contributed by atoms with Crippen molar-refractivity contribution < 1.29 is 4.74 Å². The molecule has 4 aromatic rings. The summed E-state index contributed by atoms with van der Waals surface area (Å²) in [5.74, 6) is 1.11. The summed E-state index contributed by atoms with van der Waals surface area (Å²) in [5.41, 5.74) is 9.78.